The molecule has 3 N–H and O–H groups in total. The van der Waals surface area contributed by atoms with Gasteiger partial charge in [0.05, 0.1) is 6.54 Å². The molecule has 0 saturated heterocycles. The lowest BCUT2D eigenvalue weighted by atomic mass is 10.1. The standard InChI is InChI=1S/C14H23N3S/c1-11(2)8-9-16-14(15)17-10-12-4-6-13(18-3)7-5-12/h4-7,11H,8-10H2,1-3H3,(H3,15,16,17). The van der Waals surface area contributed by atoms with E-state index >= 15 is 0 Å². The van der Waals surface area contributed by atoms with Crippen LogP contribution in [0.15, 0.2) is 34.2 Å². The van der Waals surface area contributed by atoms with E-state index in [1.54, 1.807) is 11.8 Å². The van der Waals surface area contributed by atoms with Crippen molar-refractivity contribution in [1.82, 2.24) is 5.32 Å². The number of rotatable bonds is 6. The zero-order valence-corrected chi connectivity index (χ0v) is 12.3. The van der Waals surface area contributed by atoms with Crippen molar-refractivity contribution in [1.29, 1.82) is 0 Å². The highest BCUT2D eigenvalue weighted by Gasteiger charge is 1.96. The first-order valence-corrected chi connectivity index (χ1v) is 7.51. The molecule has 0 aromatic heterocycles. The predicted molar refractivity (Wildman–Crippen MR) is 81.0 cm³/mol. The number of nitrogens with two attached hydrogens (primary N) is 1. The van der Waals surface area contributed by atoms with Gasteiger partial charge < -0.3 is 11.1 Å². The Bertz CT molecular complexity index is 371. The molecule has 1 aromatic carbocycles. The van der Waals surface area contributed by atoms with Gasteiger partial charge in [-0.05, 0) is 36.3 Å². The second-order valence-corrected chi connectivity index (χ2v) is 5.54. The molecule has 0 aliphatic heterocycles. The van der Waals surface area contributed by atoms with Crippen molar-refractivity contribution in [2.75, 3.05) is 12.8 Å². The van der Waals surface area contributed by atoms with E-state index < -0.39 is 0 Å². The molecule has 3 nitrogen and oxygen atoms in total. The summed E-state index contributed by atoms with van der Waals surface area (Å²) in [4.78, 5) is 5.59. The van der Waals surface area contributed by atoms with Gasteiger partial charge in [-0.1, -0.05) is 26.0 Å². The van der Waals surface area contributed by atoms with Crippen LogP contribution in [-0.4, -0.2) is 18.8 Å². The molecule has 0 aliphatic carbocycles. The summed E-state index contributed by atoms with van der Waals surface area (Å²) >= 11 is 1.74. The van der Waals surface area contributed by atoms with Crippen molar-refractivity contribution in [3.05, 3.63) is 29.8 Å². The molecule has 0 fully saturated rings. The van der Waals surface area contributed by atoms with E-state index in [9.17, 15) is 0 Å². The molecule has 4 heteroatoms. The van der Waals surface area contributed by atoms with Crippen molar-refractivity contribution < 1.29 is 0 Å². The first kappa shape index (κ1) is 14.9. The molecule has 0 spiro atoms. The van der Waals surface area contributed by atoms with Gasteiger partial charge in [0.25, 0.3) is 0 Å². The van der Waals surface area contributed by atoms with Gasteiger partial charge in [-0.2, -0.15) is 0 Å². The van der Waals surface area contributed by atoms with Crippen molar-refractivity contribution >= 4 is 17.7 Å². The van der Waals surface area contributed by atoms with Crippen LogP contribution in [0.25, 0.3) is 0 Å². The second kappa shape index (κ2) is 8.03. The number of nitrogens with zero attached hydrogens (tertiary/aromatic N) is 1. The molecule has 0 amide bonds. The Morgan fingerprint density at radius 1 is 1.33 bits per heavy atom. The fourth-order valence-electron chi connectivity index (χ4n) is 1.45. The fraction of sp³-hybridized carbons (Fsp3) is 0.500. The van der Waals surface area contributed by atoms with E-state index in [1.165, 1.54) is 10.5 Å². The van der Waals surface area contributed by atoms with E-state index in [0.29, 0.717) is 18.4 Å². The largest absolute Gasteiger partial charge is 0.370 e. The Morgan fingerprint density at radius 3 is 2.56 bits per heavy atom. The molecular formula is C14H23N3S. The third kappa shape index (κ3) is 5.96. The molecule has 0 bridgehead atoms. The van der Waals surface area contributed by atoms with Crippen LogP contribution in [0.3, 0.4) is 0 Å². The minimum Gasteiger partial charge on any atom is -0.370 e. The Labute approximate surface area is 114 Å². The van der Waals surface area contributed by atoms with E-state index in [2.05, 4.69) is 54.7 Å². The van der Waals surface area contributed by atoms with Gasteiger partial charge in [0.1, 0.15) is 0 Å². The van der Waals surface area contributed by atoms with Crippen molar-refractivity contribution in [3.63, 3.8) is 0 Å². The van der Waals surface area contributed by atoms with E-state index in [1.807, 2.05) is 0 Å². The molecule has 1 aromatic rings. The Morgan fingerprint density at radius 2 is 2.00 bits per heavy atom. The van der Waals surface area contributed by atoms with Gasteiger partial charge >= 0.3 is 0 Å². The first-order valence-electron chi connectivity index (χ1n) is 6.28. The summed E-state index contributed by atoms with van der Waals surface area (Å²) in [6.45, 7) is 5.91. The summed E-state index contributed by atoms with van der Waals surface area (Å²) in [5, 5.41) is 3.13. The number of benzene rings is 1. The minimum absolute atomic E-state index is 0.532. The fourth-order valence-corrected chi connectivity index (χ4v) is 1.86. The lowest BCUT2D eigenvalue weighted by molar-refractivity contribution is 0.576. The van der Waals surface area contributed by atoms with Crippen LogP contribution in [0.5, 0.6) is 0 Å². The quantitative estimate of drug-likeness (QED) is 0.472. The van der Waals surface area contributed by atoms with Crippen LogP contribution >= 0.6 is 11.8 Å². The van der Waals surface area contributed by atoms with Gasteiger partial charge in [-0.25, -0.2) is 4.99 Å². The van der Waals surface area contributed by atoms with E-state index in [4.69, 9.17) is 5.73 Å². The lowest BCUT2D eigenvalue weighted by Gasteiger charge is -2.07. The van der Waals surface area contributed by atoms with Gasteiger partial charge in [-0.15, -0.1) is 11.8 Å². The second-order valence-electron chi connectivity index (χ2n) is 4.66. The SMILES string of the molecule is CSc1ccc(CN=C(N)NCCC(C)C)cc1. The molecule has 0 saturated carbocycles. The minimum atomic E-state index is 0.532. The summed E-state index contributed by atoms with van der Waals surface area (Å²) in [6.07, 6.45) is 3.18. The average Bonchev–Trinajstić information content (AvgIpc) is 2.36. The average molecular weight is 265 g/mol. The number of nitrogens with one attached hydrogen (secondary N) is 1. The summed E-state index contributed by atoms with van der Waals surface area (Å²) in [5.74, 6) is 1.22. The smallest absolute Gasteiger partial charge is 0.188 e. The highest BCUT2D eigenvalue weighted by Crippen LogP contribution is 2.15. The van der Waals surface area contributed by atoms with Crippen LogP contribution in [-0.2, 0) is 6.54 Å². The van der Waals surface area contributed by atoms with Crippen LogP contribution in [0.2, 0.25) is 0 Å². The predicted octanol–water partition coefficient (Wildman–Crippen LogP) is 2.86. The molecule has 0 aliphatic rings. The normalized spacial score (nSPS) is 11.9. The van der Waals surface area contributed by atoms with Crippen LogP contribution in [0.4, 0.5) is 0 Å². The van der Waals surface area contributed by atoms with E-state index in [0.717, 1.165) is 13.0 Å². The maximum Gasteiger partial charge on any atom is 0.188 e. The topological polar surface area (TPSA) is 50.4 Å². The summed E-state index contributed by atoms with van der Waals surface area (Å²) < 4.78 is 0. The van der Waals surface area contributed by atoms with Crippen LogP contribution in [0.1, 0.15) is 25.8 Å². The van der Waals surface area contributed by atoms with Gasteiger partial charge in [0, 0.05) is 11.4 Å². The van der Waals surface area contributed by atoms with Crippen LogP contribution < -0.4 is 11.1 Å². The Hall–Kier alpha value is -1.16. The van der Waals surface area contributed by atoms with E-state index in [-0.39, 0.29) is 0 Å². The highest BCUT2D eigenvalue weighted by molar-refractivity contribution is 7.98. The molecule has 100 valence electrons. The molecular weight excluding hydrogens is 242 g/mol. The molecule has 1 rings (SSSR count). The first-order chi connectivity index (χ1) is 8.61. The third-order valence-electron chi connectivity index (χ3n) is 2.62. The monoisotopic (exact) mass is 265 g/mol. The molecule has 0 heterocycles. The zero-order valence-electron chi connectivity index (χ0n) is 11.4. The van der Waals surface area contributed by atoms with Crippen molar-refractivity contribution in [3.8, 4) is 0 Å². The summed E-state index contributed by atoms with van der Waals surface area (Å²) in [7, 11) is 0. The van der Waals surface area contributed by atoms with Crippen molar-refractivity contribution in [2.24, 2.45) is 16.6 Å². The summed E-state index contributed by atoms with van der Waals surface area (Å²) in [6, 6.07) is 8.41. The van der Waals surface area contributed by atoms with Gasteiger partial charge in [0.15, 0.2) is 5.96 Å². The molecule has 0 unspecified atom stereocenters. The Kier molecular flexibility index (Phi) is 6.65. The number of hydrogen-bond donors (Lipinski definition) is 2. The van der Waals surface area contributed by atoms with Gasteiger partial charge in [-0.3, -0.25) is 0 Å². The number of hydrogen-bond acceptors (Lipinski definition) is 2. The number of guanidine groups is 1. The maximum absolute atomic E-state index is 5.80. The van der Waals surface area contributed by atoms with Gasteiger partial charge in [0.2, 0.25) is 0 Å². The zero-order chi connectivity index (χ0) is 13.4. The molecule has 0 radical (unpaired) electrons. The Balaban J connectivity index is 2.37. The number of aliphatic imine (C=N–C) groups is 1. The maximum atomic E-state index is 5.80. The number of thioether (sulfide) groups is 1. The highest BCUT2D eigenvalue weighted by atomic mass is 32.2. The van der Waals surface area contributed by atoms with Crippen LogP contribution in [0, 0.1) is 5.92 Å². The van der Waals surface area contributed by atoms with Crippen molar-refractivity contribution in [2.45, 2.75) is 31.7 Å². The molecule has 18 heavy (non-hydrogen) atoms. The third-order valence-corrected chi connectivity index (χ3v) is 3.36. The summed E-state index contributed by atoms with van der Waals surface area (Å²) in [5.41, 5.74) is 6.98. The lowest BCUT2D eigenvalue weighted by Crippen LogP contribution is -2.32. The molecule has 0 atom stereocenters.